The van der Waals surface area contributed by atoms with Crippen molar-refractivity contribution < 1.29 is 9.18 Å². The molecule has 2 aliphatic rings. The number of aromatic nitrogens is 3. The van der Waals surface area contributed by atoms with E-state index in [1.54, 1.807) is 6.33 Å². The molecule has 7 nitrogen and oxygen atoms in total. The van der Waals surface area contributed by atoms with Gasteiger partial charge in [0.2, 0.25) is 0 Å². The van der Waals surface area contributed by atoms with Gasteiger partial charge in [0, 0.05) is 42.4 Å². The van der Waals surface area contributed by atoms with Crippen LogP contribution in [0, 0.1) is 5.82 Å². The lowest BCUT2D eigenvalue weighted by atomic mass is 9.78. The van der Waals surface area contributed by atoms with Crippen LogP contribution in [0.25, 0.3) is 0 Å². The maximum Gasteiger partial charge on any atom is 0.185 e. The predicted octanol–water partition coefficient (Wildman–Crippen LogP) is 3.77. The number of ketones is 1. The van der Waals surface area contributed by atoms with Gasteiger partial charge in [-0.1, -0.05) is 24.3 Å². The van der Waals surface area contributed by atoms with E-state index in [2.05, 4.69) is 44.2 Å². The lowest BCUT2D eigenvalue weighted by Gasteiger charge is -2.27. The van der Waals surface area contributed by atoms with Gasteiger partial charge in [0.15, 0.2) is 5.78 Å². The van der Waals surface area contributed by atoms with Crippen LogP contribution in [0.4, 0.5) is 10.1 Å². The standard InChI is InChI=1S/C25H25FN6O/c1-4-32-25(29-14-30-32)23-19(16-7-5-15(6-8-16)13-31(2)3)11-27-20-10-17(26)9-18-21(33)12-28-24(23)22(18)20/h5-11,14,19,23H,4,12-13H2,1-3H3. The Morgan fingerprint density at radius 2 is 1.97 bits per heavy atom. The number of aryl methyl sites for hydroxylation is 1. The first-order valence-electron chi connectivity index (χ1n) is 11.0. The van der Waals surface area contributed by atoms with Crippen molar-refractivity contribution in [1.29, 1.82) is 0 Å². The molecule has 8 heteroatoms. The molecule has 3 aromatic rings. The Morgan fingerprint density at radius 3 is 2.70 bits per heavy atom. The van der Waals surface area contributed by atoms with Crippen molar-refractivity contribution in [3.63, 3.8) is 0 Å². The van der Waals surface area contributed by atoms with Crippen LogP contribution in [0.3, 0.4) is 0 Å². The maximum atomic E-state index is 14.4. The second-order valence-electron chi connectivity index (χ2n) is 8.67. The fraction of sp³-hybridized carbons (Fsp3) is 0.320. The monoisotopic (exact) mass is 444 g/mol. The second-order valence-corrected chi connectivity index (χ2v) is 8.67. The SMILES string of the molecule is CCn1ncnc1C1C2=NCC(=O)c3cc(F)cc(c32)N=CC1c1ccc(CN(C)C)cc1. The second kappa shape index (κ2) is 8.44. The van der Waals surface area contributed by atoms with Crippen LogP contribution in [-0.4, -0.2) is 58.0 Å². The van der Waals surface area contributed by atoms with Crippen LogP contribution < -0.4 is 0 Å². The molecule has 1 aromatic heterocycles. The smallest absolute Gasteiger partial charge is 0.185 e. The van der Waals surface area contributed by atoms with Gasteiger partial charge >= 0.3 is 0 Å². The first kappa shape index (κ1) is 21.3. The molecule has 0 aliphatic carbocycles. The van der Waals surface area contributed by atoms with E-state index in [4.69, 9.17) is 4.99 Å². The van der Waals surface area contributed by atoms with E-state index in [0.29, 0.717) is 29.1 Å². The van der Waals surface area contributed by atoms with Gasteiger partial charge in [0.1, 0.15) is 24.5 Å². The van der Waals surface area contributed by atoms with Gasteiger partial charge in [0.05, 0.1) is 17.3 Å². The summed E-state index contributed by atoms with van der Waals surface area (Å²) in [7, 11) is 4.08. The lowest BCUT2D eigenvalue weighted by Crippen LogP contribution is -2.30. The highest BCUT2D eigenvalue weighted by Crippen LogP contribution is 2.42. The van der Waals surface area contributed by atoms with Gasteiger partial charge in [-0.15, -0.1) is 0 Å². The van der Waals surface area contributed by atoms with Crippen molar-refractivity contribution in [2.45, 2.75) is 31.8 Å². The summed E-state index contributed by atoms with van der Waals surface area (Å²) in [5, 5.41) is 4.38. The fourth-order valence-corrected chi connectivity index (χ4v) is 4.70. The summed E-state index contributed by atoms with van der Waals surface area (Å²) >= 11 is 0. The third-order valence-corrected chi connectivity index (χ3v) is 6.15. The average Bonchev–Trinajstić information content (AvgIpc) is 3.20. The minimum absolute atomic E-state index is 0.0174. The summed E-state index contributed by atoms with van der Waals surface area (Å²) in [6.45, 7) is 3.48. The van der Waals surface area contributed by atoms with Crippen molar-refractivity contribution >= 4 is 23.4 Å². The predicted molar refractivity (Wildman–Crippen MR) is 125 cm³/mol. The largest absolute Gasteiger partial charge is 0.305 e. The zero-order valence-corrected chi connectivity index (χ0v) is 18.9. The number of rotatable bonds is 5. The van der Waals surface area contributed by atoms with Gasteiger partial charge in [-0.25, -0.2) is 14.1 Å². The van der Waals surface area contributed by atoms with E-state index in [1.165, 1.54) is 17.7 Å². The molecule has 0 saturated heterocycles. The Hall–Kier alpha value is -3.52. The Bertz CT molecular complexity index is 1270. The Labute approximate surface area is 191 Å². The van der Waals surface area contributed by atoms with Crippen LogP contribution in [0.15, 0.2) is 52.7 Å². The van der Waals surface area contributed by atoms with Crippen molar-refractivity contribution in [2.24, 2.45) is 9.98 Å². The van der Waals surface area contributed by atoms with Crippen LogP contribution in [0.5, 0.6) is 0 Å². The molecule has 33 heavy (non-hydrogen) atoms. The van der Waals surface area contributed by atoms with Crippen LogP contribution in [0.1, 0.15) is 51.6 Å². The van der Waals surface area contributed by atoms with Crippen LogP contribution >= 0.6 is 0 Å². The third-order valence-electron chi connectivity index (χ3n) is 6.15. The summed E-state index contributed by atoms with van der Waals surface area (Å²) < 4.78 is 16.2. The minimum atomic E-state index is -0.477. The van der Waals surface area contributed by atoms with Crippen molar-refractivity contribution in [1.82, 2.24) is 19.7 Å². The number of nitrogens with zero attached hydrogens (tertiary/aromatic N) is 6. The highest BCUT2D eigenvalue weighted by Gasteiger charge is 2.39. The molecule has 0 fully saturated rings. The molecule has 0 radical (unpaired) electrons. The molecule has 2 aliphatic heterocycles. The molecule has 5 rings (SSSR count). The number of hydrogen-bond acceptors (Lipinski definition) is 6. The molecule has 0 saturated carbocycles. The number of hydrogen-bond donors (Lipinski definition) is 0. The number of Topliss-reactive ketones (excluding diaryl/α,β-unsaturated/α-hetero) is 1. The Morgan fingerprint density at radius 1 is 1.18 bits per heavy atom. The lowest BCUT2D eigenvalue weighted by molar-refractivity contribution is 0.0999. The Balaban J connectivity index is 1.70. The number of benzene rings is 2. The summed E-state index contributed by atoms with van der Waals surface area (Å²) in [6, 6.07) is 11.1. The van der Waals surface area contributed by atoms with Crippen molar-refractivity contribution in [2.75, 3.05) is 20.6 Å². The molecule has 3 heterocycles. The quantitative estimate of drug-likeness (QED) is 0.600. The van der Waals surface area contributed by atoms with Gasteiger partial charge in [0.25, 0.3) is 0 Å². The average molecular weight is 445 g/mol. The fourth-order valence-electron chi connectivity index (χ4n) is 4.70. The topological polar surface area (TPSA) is 75.7 Å². The maximum absolute atomic E-state index is 14.4. The summed E-state index contributed by atoms with van der Waals surface area (Å²) in [5.41, 5.74) is 4.33. The molecule has 0 N–H and O–H groups in total. The van der Waals surface area contributed by atoms with Gasteiger partial charge in [-0.3, -0.25) is 14.8 Å². The number of carbonyl (C=O) groups is 1. The summed E-state index contributed by atoms with van der Waals surface area (Å²) in [4.78, 5) is 28.7. The van der Waals surface area contributed by atoms with Crippen molar-refractivity contribution in [3.05, 3.63) is 76.6 Å². The van der Waals surface area contributed by atoms with E-state index in [9.17, 15) is 9.18 Å². The molecular formula is C25H25FN6O. The molecule has 2 unspecified atom stereocenters. The zero-order chi connectivity index (χ0) is 23.1. The molecule has 2 atom stereocenters. The van der Waals surface area contributed by atoms with E-state index in [1.807, 2.05) is 31.9 Å². The number of aliphatic imine (C=N–C) groups is 2. The third kappa shape index (κ3) is 3.80. The molecule has 0 spiro atoms. The summed E-state index contributed by atoms with van der Waals surface area (Å²) in [6.07, 6.45) is 3.37. The zero-order valence-electron chi connectivity index (χ0n) is 18.9. The van der Waals surface area contributed by atoms with Crippen LogP contribution in [-0.2, 0) is 13.1 Å². The van der Waals surface area contributed by atoms with E-state index in [0.717, 1.165) is 17.9 Å². The molecular weight excluding hydrogens is 419 g/mol. The first-order chi connectivity index (χ1) is 16.0. The van der Waals surface area contributed by atoms with E-state index >= 15 is 0 Å². The van der Waals surface area contributed by atoms with Crippen molar-refractivity contribution in [3.8, 4) is 0 Å². The summed E-state index contributed by atoms with van der Waals surface area (Å²) in [5.74, 6) is -0.442. The van der Waals surface area contributed by atoms with Crippen LogP contribution in [0.2, 0.25) is 0 Å². The first-order valence-corrected chi connectivity index (χ1v) is 11.0. The normalized spacial score (nSPS) is 19.4. The van der Waals surface area contributed by atoms with E-state index in [-0.39, 0.29) is 24.2 Å². The van der Waals surface area contributed by atoms with Gasteiger partial charge in [-0.2, -0.15) is 5.10 Å². The van der Waals surface area contributed by atoms with Gasteiger partial charge < -0.3 is 4.90 Å². The van der Waals surface area contributed by atoms with Gasteiger partial charge in [-0.05, 0) is 38.2 Å². The molecule has 0 amide bonds. The molecule has 2 aromatic carbocycles. The number of halogens is 1. The highest BCUT2D eigenvalue weighted by molar-refractivity contribution is 6.21. The minimum Gasteiger partial charge on any atom is -0.305 e. The Kier molecular flexibility index (Phi) is 5.46. The highest BCUT2D eigenvalue weighted by atomic mass is 19.1. The molecule has 0 bridgehead atoms. The molecule has 168 valence electrons. The van der Waals surface area contributed by atoms with E-state index < -0.39 is 5.82 Å². The number of carbonyl (C=O) groups excluding carboxylic acids is 1.